The minimum absolute atomic E-state index is 0.104. The molecule has 26 heavy (non-hydrogen) atoms. The van der Waals surface area contributed by atoms with E-state index < -0.39 is 0 Å². The zero-order chi connectivity index (χ0) is 17.9. The monoisotopic (exact) mass is 346 g/mol. The zero-order valence-corrected chi connectivity index (χ0v) is 15.2. The van der Waals surface area contributed by atoms with Gasteiger partial charge in [0.05, 0.1) is 6.61 Å². The van der Waals surface area contributed by atoms with Crippen LogP contribution in [0.1, 0.15) is 30.5 Å². The van der Waals surface area contributed by atoms with Crippen LogP contribution in [0.3, 0.4) is 0 Å². The van der Waals surface area contributed by atoms with Crippen LogP contribution in [-0.4, -0.2) is 24.2 Å². The molecular formula is C23H26N2O. The number of aliphatic hydroxyl groups is 1. The van der Waals surface area contributed by atoms with Crippen molar-refractivity contribution in [1.29, 1.82) is 0 Å². The van der Waals surface area contributed by atoms with Crippen molar-refractivity contribution in [2.24, 2.45) is 0 Å². The number of benzene rings is 3. The third-order valence-corrected chi connectivity index (χ3v) is 5.45. The summed E-state index contributed by atoms with van der Waals surface area (Å²) in [7, 11) is 0. The maximum atomic E-state index is 9.19. The third kappa shape index (κ3) is 3.46. The summed E-state index contributed by atoms with van der Waals surface area (Å²) < 4.78 is 0. The molecule has 1 aliphatic rings. The Hall–Kier alpha value is -2.36. The quantitative estimate of drug-likeness (QED) is 0.724. The first-order chi connectivity index (χ1) is 12.7. The molecule has 0 bridgehead atoms. The molecule has 0 amide bonds. The highest BCUT2D eigenvalue weighted by Crippen LogP contribution is 2.26. The molecular weight excluding hydrogens is 320 g/mol. The molecule has 0 aromatic heterocycles. The second-order valence-corrected chi connectivity index (χ2v) is 7.21. The van der Waals surface area contributed by atoms with Crippen LogP contribution in [0.5, 0.6) is 0 Å². The number of nitrogens with one attached hydrogen (secondary N) is 1. The van der Waals surface area contributed by atoms with Gasteiger partial charge in [0.25, 0.3) is 0 Å². The predicted molar refractivity (Wildman–Crippen MR) is 108 cm³/mol. The largest absolute Gasteiger partial charge is 0.392 e. The van der Waals surface area contributed by atoms with Crippen molar-refractivity contribution in [3.05, 3.63) is 77.9 Å². The maximum Gasteiger partial charge on any atom is 0.0681 e. The molecule has 3 aromatic carbocycles. The van der Waals surface area contributed by atoms with Crippen molar-refractivity contribution < 1.29 is 5.11 Å². The van der Waals surface area contributed by atoms with Gasteiger partial charge in [-0.3, -0.25) is 0 Å². The molecule has 1 fully saturated rings. The summed E-state index contributed by atoms with van der Waals surface area (Å²) in [5.74, 6) is 0. The van der Waals surface area contributed by atoms with Gasteiger partial charge in [-0.05, 0) is 47.4 Å². The molecule has 0 aliphatic carbocycles. The van der Waals surface area contributed by atoms with Crippen LogP contribution in [0.2, 0.25) is 0 Å². The second kappa shape index (κ2) is 7.48. The summed E-state index contributed by atoms with van der Waals surface area (Å²) in [5.41, 5.74) is 3.57. The van der Waals surface area contributed by atoms with Crippen molar-refractivity contribution in [2.45, 2.75) is 32.0 Å². The van der Waals surface area contributed by atoms with E-state index in [9.17, 15) is 5.11 Å². The molecule has 0 spiro atoms. The third-order valence-electron chi connectivity index (χ3n) is 5.45. The topological polar surface area (TPSA) is 35.5 Å². The smallest absolute Gasteiger partial charge is 0.0681 e. The lowest BCUT2D eigenvalue weighted by Crippen LogP contribution is -2.34. The summed E-state index contributed by atoms with van der Waals surface area (Å²) in [4.78, 5) is 2.43. The van der Waals surface area contributed by atoms with E-state index in [0.29, 0.717) is 12.1 Å². The Morgan fingerprint density at radius 3 is 2.62 bits per heavy atom. The molecule has 3 heteroatoms. The summed E-state index contributed by atoms with van der Waals surface area (Å²) in [5, 5.41) is 15.7. The Labute approximate surface area is 155 Å². The van der Waals surface area contributed by atoms with Crippen molar-refractivity contribution in [3.8, 4) is 0 Å². The number of fused-ring (bicyclic) bond motifs is 1. The maximum absolute atomic E-state index is 9.19. The van der Waals surface area contributed by atoms with E-state index in [-0.39, 0.29) is 6.61 Å². The first-order valence-corrected chi connectivity index (χ1v) is 9.43. The average molecular weight is 346 g/mol. The minimum Gasteiger partial charge on any atom is -0.392 e. The van der Waals surface area contributed by atoms with Crippen LogP contribution in [0, 0.1) is 0 Å². The molecule has 0 radical (unpaired) electrons. The standard InChI is InChI=1S/C23H26N2O/c1-17(22-8-4-6-19-5-2-3-7-23(19)22)24-20-13-14-25(15-20)21-11-9-18(16-26)10-12-21/h2-12,17,20,24,26H,13-16H2,1H3/t17-,20+/m1/s1. The van der Waals surface area contributed by atoms with Crippen molar-refractivity contribution in [2.75, 3.05) is 18.0 Å². The lowest BCUT2D eigenvalue weighted by molar-refractivity contribution is 0.282. The van der Waals surface area contributed by atoms with Gasteiger partial charge in [0.2, 0.25) is 0 Å². The summed E-state index contributed by atoms with van der Waals surface area (Å²) in [6, 6.07) is 24.2. The number of rotatable bonds is 5. The Morgan fingerprint density at radius 2 is 1.81 bits per heavy atom. The molecule has 0 saturated carbocycles. The van der Waals surface area contributed by atoms with E-state index in [0.717, 1.165) is 25.1 Å². The predicted octanol–water partition coefficient (Wildman–Crippen LogP) is 4.26. The fraction of sp³-hybridized carbons (Fsp3) is 0.304. The zero-order valence-electron chi connectivity index (χ0n) is 15.2. The van der Waals surface area contributed by atoms with Crippen molar-refractivity contribution in [1.82, 2.24) is 5.32 Å². The van der Waals surface area contributed by atoms with Crippen LogP contribution in [0.25, 0.3) is 10.8 Å². The van der Waals surface area contributed by atoms with Crippen LogP contribution in [0.4, 0.5) is 5.69 Å². The lowest BCUT2D eigenvalue weighted by Gasteiger charge is -2.23. The van der Waals surface area contributed by atoms with E-state index in [1.165, 1.54) is 22.0 Å². The Balaban J connectivity index is 1.44. The van der Waals surface area contributed by atoms with Gasteiger partial charge in [-0.15, -0.1) is 0 Å². The summed E-state index contributed by atoms with van der Waals surface area (Å²) in [6.07, 6.45) is 1.15. The van der Waals surface area contributed by atoms with Gasteiger partial charge in [0, 0.05) is 30.9 Å². The number of aliphatic hydroxyl groups excluding tert-OH is 1. The molecule has 3 aromatic rings. The fourth-order valence-corrected chi connectivity index (χ4v) is 4.01. The van der Waals surface area contributed by atoms with Crippen molar-refractivity contribution >= 4 is 16.5 Å². The molecule has 1 saturated heterocycles. The van der Waals surface area contributed by atoms with Gasteiger partial charge in [-0.25, -0.2) is 0 Å². The molecule has 2 N–H and O–H groups in total. The summed E-state index contributed by atoms with van der Waals surface area (Å²) >= 11 is 0. The van der Waals surface area contributed by atoms with Gasteiger partial charge in [0.15, 0.2) is 0 Å². The molecule has 4 rings (SSSR count). The average Bonchev–Trinajstić information content (AvgIpc) is 3.16. The van der Waals surface area contributed by atoms with Gasteiger partial charge >= 0.3 is 0 Å². The van der Waals surface area contributed by atoms with Crippen molar-refractivity contribution in [3.63, 3.8) is 0 Å². The first-order valence-electron chi connectivity index (χ1n) is 9.43. The number of anilines is 1. The second-order valence-electron chi connectivity index (χ2n) is 7.21. The molecule has 2 atom stereocenters. The highest BCUT2D eigenvalue weighted by atomic mass is 16.3. The minimum atomic E-state index is 0.104. The molecule has 1 aliphatic heterocycles. The van der Waals surface area contributed by atoms with Gasteiger partial charge in [-0.1, -0.05) is 54.6 Å². The number of hydrogen-bond donors (Lipinski definition) is 2. The number of hydrogen-bond acceptors (Lipinski definition) is 3. The van der Waals surface area contributed by atoms with Gasteiger partial charge in [-0.2, -0.15) is 0 Å². The molecule has 3 nitrogen and oxygen atoms in total. The normalized spacial score (nSPS) is 18.4. The highest BCUT2D eigenvalue weighted by Gasteiger charge is 2.24. The van der Waals surface area contributed by atoms with Crippen LogP contribution in [0.15, 0.2) is 66.7 Å². The van der Waals surface area contributed by atoms with E-state index in [4.69, 9.17) is 0 Å². The highest BCUT2D eigenvalue weighted by molar-refractivity contribution is 5.86. The SMILES string of the molecule is C[C@@H](N[C@H]1CCN(c2ccc(CO)cc2)C1)c1cccc2ccccc12. The number of nitrogens with zero attached hydrogens (tertiary/aromatic N) is 1. The van der Waals surface area contributed by atoms with Crippen LogP contribution < -0.4 is 10.2 Å². The molecule has 134 valence electrons. The van der Waals surface area contributed by atoms with Gasteiger partial charge in [0.1, 0.15) is 0 Å². The summed E-state index contributed by atoms with van der Waals surface area (Å²) in [6.45, 7) is 4.46. The Kier molecular flexibility index (Phi) is 4.91. The fourth-order valence-electron chi connectivity index (χ4n) is 4.01. The van der Waals surface area contributed by atoms with Crippen LogP contribution in [-0.2, 0) is 6.61 Å². The molecule has 1 heterocycles. The first kappa shape index (κ1) is 17.1. The Bertz CT molecular complexity index is 870. The van der Waals surface area contributed by atoms with E-state index in [2.05, 4.69) is 71.7 Å². The Morgan fingerprint density at radius 1 is 1.04 bits per heavy atom. The lowest BCUT2D eigenvalue weighted by atomic mass is 9.99. The molecule has 0 unspecified atom stereocenters. The van der Waals surface area contributed by atoms with E-state index >= 15 is 0 Å². The van der Waals surface area contributed by atoms with E-state index in [1.54, 1.807) is 0 Å². The van der Waals surface area contributed by atoms with Gasteiger partial charge < -0.3 is 15.3 Å². The van der Waals surface area contributed by atoms with Crippen LogP contribution >= 0.6 is 0 Å². The van der Waals surface area contributed by atoms with E-state index in [1.807, 2.05) is 12.1 Å².